The zero-order valence-electron chi connectivity index (χ0n) is 23.0. The summed E-state index contributed by atoms with van der Waals surface area (Å²) in [7, 11) is -2.06. The highest BCUT2D eigenvalue weighted by Gasteiger charge is 2.30. The fourth-order valence-electron chi connectivity index (χ4n) is 4.51. The van der Waals surface area contributed by atoms with Gasteiger partial charge in [0.1, 0.15) is 5.75 Å². The van der Waals surface area contributed by atoms with E-state index in [4.69, 9.17) is 21.1 Å². The van der Waals surface area contributed by atoms with Gasteiger partial charge in [-0.15, -0.1) is 0 Å². The van der Waals surface area contributed by atoms with Crippen molar-refractivity contribution >= 4 is 33.2 Å². The number of nitrogens with one attached hydrogen (secondary N) is 2. The minimum Gasteiger partial charge on any atom is -0.490 e. The zero-order chi connectivity index (χ0) is 28.6. The normalized spacial score (nSPS) is 22.4. The first-order chi connectivity index (χ1) is 18.6. The smallest absolute Gasteiger partial charge is 0.261 e. The number of benzene rings is 2. The fraction of sp³-hybridized carbons (Fsp3) is 0.536. The lowest BCUT2D eigenvalue weighted by Gasteiger charge is -2.34. The number of amides is 1. The van der Waals surface area contributed by atoms with Crippen LogP contribution in [0.1, 0.15) is 50.4 Å². The average molecular weight is 582 g/mol. The predicted molar refractivity (Wildman–Crippen MR) is 153 cm³/mol. The standard InChI is InChI=1S/C28H40ClN3O6S/c1-19-17-32(20(2)18-33)28(34)25-15-23(31-39(35,36)24-11-8-22(29)9-12-24)10-13-26(25)38-21(3)7-5-6-14-37-27(19)16-30-4/h8-13,15,19-21,27,30-31,33H,5-7,14,16-18H2,1-4H3/t19-,20+,21-,27-/m1/s1. The zero-order valence-corrected chi connectivity index (χ0v) is 24.6. The van der Waals surface area contributed by atoms with Crippen LogP contribution in [-0.4, -0.2) is 75.9 Å². The molecule has 216 valence electrons. The molecule has 0 saturated carbocycles. The van der Waals surface area contributed by atoms with Crippen LogP contribution in [0, 0.1) is 5.92 Å². The second-order valence-electron chi connectivity index (χ2n) is 10.1. The molecule has 0 radical (unpaired) electrons. The maximum atomic E-state index is 14.0. The Bertz CT molecular complexity index is 1190. The Morgan fingerprint density at radius 3 is 2.54 bits per heavy atom. The minimum absolute atomic E-state index is 0.0341. The number of aliphatic hydroxyl groups excluding tert-OH is 1. The third-order valence-electron chi connectivity index (χ3n) is 6.83. The number of carbonyl (C=O) groups is 1. The number of sulfonamides is 1. The van der Waals surface area contributed by atoms with E-state index in [0.29, 0.717) is 30.5 Å². The molecule has 0 spiro atoms. The van der Waals surface area contributed by atoms with Crippen LogP contribution >= 0.6 is 11.6 Å². The first kappa shape index (κ1) is 31.2. The van der Waals surface area contributed by atoms with Gasteiger partial charge in [0, 0.05) is 36.3 Å². The quantitative estimate of drug-likeness (QED) is 0.449. The molecular weight excluding hydrogens is 542 g/mol. The number of ether oxygens (including phenoxy) is 2. The van der Waals surface area contributed by atoms with Gasteiger partial charge in [0.2, 0.25) is 0 Å². The van der Waals surface area contributed by atoms with Crippen LogP contribution in [-0.2, 0) is 14.8 Å². The third-order valence-corrected chi connectivity index (χ3v) is 8.48. The van der Waals surface area contributed by atoms with Crippen molar-refractivity contribution in [3.8, 4) is 5.75 Å². The van der Waals surface area contributed by atoms with Crippen LogP contribution in [0.3, 0.4) is 0 Å². The number of hydrogen-bond acceptors (Lipinski definition) is 7. The maximum Gasteiger partial charge on any atom is 0.261 e. The molecule has 0 aromatic heterocycles. The van der Waals surface area contributed by atoms with E-state index >= 15 is 0 Å². The van der Waals surface area contributed by atoms with Crippen molar-refractivity contribution in [1.29, 1.82) is 0 Å². The minimum atomic E-state index is -3.93. The number of aliphatic hydroxyl groups is 1. The van der Waals surface area contributed by atoms with Gasteiger partial charge in [-0.3, -0.25) is 9.52 Å². The monoisotopic (exact) mass is 581 g/mol. The molecule has 0 unspecified atom stereocenters. The summed E-state index contributed by atoms with van der Waals surface area (Å²) in [6, 6.07) is 10.0. The van der Waals surface area contributed by atoms with Crippen molar-refractivity contribution in [2.24, 2.45) is 5.92 Å². The van der Waals surface area contributed by atoms with Gasteiger partial charge in [-0.05, 0) is 82.6 Å². The van der Waals surface area contributed by atoms with Gasteiger partial charge < -0.3 is 24.8 Å². The predicted octanol–water partition coefficient (Wildman–Crippen LogP) is 4.16. The molecule has 1 heterocycles. The summed E-state index contributed by atoms with van der Waals surface area (Å²) in [5, 5.41) is 13.6. The Morgan fingerprint density at radius 2 is 1.87 bits per heavy atom. The van der Waals surface area contributed by atoms with Crippen LogP contribution < -0.4 is 14.8 Å². The molecule has 1 aliphatic heterocycles. The summed E-state index contributed by atoms with van der Waals surface area (Å²) in [5.74, 6) is -0.0311. The summed E-state index contributed by atoms with van der Waals surface area (Å²) in [6.07, 6.45) is 2.26. The number of anilines is 1. The van der Waals surface area contributed by atoms with Crippen LogP contribution in [0.2, 0.25) is 5.02 Å². The lowest BCUT2D eigenvalue weighted by atomic mass is 10.0. The van der Waals surface area contributed by atoms with Crippen molar-refractivity contribution in [2.45, 2.75) is 63.2 Å². The van der Waals surface area contributed by atoms with Gasteiger partial charge in [0.15, 0.2) is 0 Å². The van der Waals surface area contributed by atoms with Gasteiger partial charge in [0.05, 0.1) is 35.3 Å². The van der Waals surface area contributed by atoms with E-state index < -0.39 is 16.1 Å². The largest absolute Gasteiger partial charge is 0.490 e. The van der Waals surface area contributed by atoms with Crippen molar-refractivity contribution in [3.05, 3.63) is 53.1 Å². The highest BCUT2D eigenvalue weighted by molar-refractivity contribution is 7.92. The molecule has 3 rings (SSSR count). The first-order valence-corrected chi connectivity index (χ1v) is 15.2. The number of halogens is 1. The van der Waals surface area contributed by atoms with Crippen LogP contribution in [0.4, 0.5) is 5.69 Å². The molecule has 0 fully saturated rings. The molecule has 1 amide bonds. The van der Waals surface area contributed by atoms with Gasteiger partial charge in [-0.25, -0.2) is 8.42 Å². The molecule has 2 aromatic carbocycles. The second kappa shape index (κ2) is 14.3. The van der Waals surface area contributed by atoms with E-state index in [1.165, 1.54) is 30.3 Å². The Morgan fingerprint density at radius 1 is 1.15 bits per heavy atom. The molecule has 0 saturated heterocycles. The second-order valence-corrected chi connectivity index (χ2v) is 12.2. The Kier molecular flexibility index (Phi) is 11.4. The SMILES string of the molecule is CNC[C@H]1OCCCC[C@@H](C)Oc2ccc(NS(=O)(=O)c3ccc(Cl)cc3)cc2C(=O)N([C@@H](C)CO)C[C@H]1C. The Balaban J connectivity index is 2.02. The van der Waals surface area contributed by atoms with Gasteiger partial charge in [-0.1, -0.05) is 18.5 Å². The number of carbonyl (C=O) groups excluding carboxylic acids is 1. The molecule has 39 heavy (non-hydrogen) atoms. The highest BCUT2D eigenvalue weighted by atomic mass is 35.5. The highest BCUT2D eigenvalue weighted by Crippen LogP contribution is 2.29. The van der Waals surface area contributed by atoms with E-state index in [9.17, 15) is 18.3 Å². The maximum absolute atomic E-state index is 14.0. The van der Waals surface area contributed by atoms with Crippen molar-refractivity contribution in [1.82, 2.24) is 10.2 Å². The molecule has 3 N–H and O–H groups in total. The average Bonchev–Trinajstić information content (AvgIpc) is 2.90. The first-order valence-electron chi connectivity index (χ1n) is 13.3. The lowest BCUT2D eigenvalue weighted by molar-refractivity contribution is -0.000450. The van der Waals surface area contributed by atoms with E-state index in [1.54, 1.807) is 24.0 Å². The van der Waals surface area contributed by atoms with Gasteiger partial charge in [-0.2, -0.15) is 0 Å². The van der Waals surface area contributed by atoms with Crippen molar-refractivity contribution in [3.63, 3.8) is 0 Å². The van der Waals surface area contributed by atoms with Gasteiger partial charge in [0.25, 0.3) is 15.9 Å². The number of hydrogen-bond donors (Lipinski definition) is 3. The summed E-state index contributed by atoms with van der Waals surface area (Å²) in [4.78, 5) is 15.7. The molecule has 11 heteroatoms. The Hall–Kier alpha value is -2.37. The van der Waals surface area contributed by atoms with Crippen LogP contribution in [0.5, 0.6) is 5.75 Å². The molecule has 0 bridgehead atoms. The van der Waals surface area contributed by atoms with Gasteiger partial charge >= 0.3 is 0 Å². The molecule has 2 aromatic rings. The lowest BCUT2D eigenvalue weighted by Crippen LogP contribution is -2.47. The number of fused-ring (bicyclic) bond motifs is 1. The Labute approximate surface area is 236 Å². The van der Waals surface area contributed by atoms with Crippen LogP contribution in [0.25, 0.3) is 0 Å². The summed E-state index contributed by atoms with van der Waals surface area (Å²) in [5.41, 5.74) is 0.435. The van der Waals surface area contributed by atoms with E-state index in [0.717, 1.165) is 19.3 Å². The van der Waals surface area contributed by atoms with Crippen molar-refractivity contribution in [2.75, 3.05) is 38.1 Å². The summed E-state index contributed by atoms with van der Waals surface area (Å²) in [6.45, 7) is 7.09. The molecule has 0 aliphatic carbocycles. The van der Waals surface area contributed by atoms with Crippen molar-refractivity contribution < 1.29 is 27.8 Å². The molecule has 9 nitrogen and oxygen atoms in total. The number of nitrogens with zero attached hydrogens (tertiary/aromatic N) is 1. The van der Waals surface area contributed by atoms with E-state index in [-0.39, 0.29) is 46.8 Å². The summed E-state index contributed by atoms with van der Waals surface area (Å²) >= 11 is 5.91. The third kappa shape index (κ3) is 8.56. The van der Waals surface area contributed by atoms with Crippen LogP contribution in [0.15, 0.2) is 47.4 Å². The van der Waals surface area contributed by atoms with E-state index in [1.807, 2.05) is 20.9 Å². The molecule has 4 atom stereocenters. The number of rotatable bonds is 7. The summed E-state index contributed by atoms with van der Waals surface area (Å²) < 4.78 is 41.0. The molecule has 1 aliphatic rings. The fourth-order valence-corrected chi connectivity index (χ4v) is 5.68. The van der Waals surface area contributed by atoms with E-state index in [2.05, 4.69) is 10.0 Å². The number of likely N-dealkylation sites (N-methyl/N-ethyl adjacent to an activating group) is 1. The topological polar surface area (TPSA) is 117 Å². The molecular formula is C28H40ClN3O6S.